The van der Waals surface area contributed by atoms with Gasteiger partial charge >= 0.3 is 0 Å². The van der Waals surface area contributed by atoms with Crippen molar-refractivity contribution in [1.82, 2.24) is 24.8 Å². The molecule has 0 spiro atoms. The normalized spacial score (nSPS) is 15.3. The lowest BCUT2D eigenvalue weighted by Crippen LogP contribution is -2.48. The Morgan fingerprint density at radius 2 is 1.97 bits per heavy atom. The van der Waals surface area contributed by atoms with Crippen LogP contribution in [0.3, 0.4) is 0 Å². The summed E-state index contributed by atoms with van der Waals surface area (Å²) in [5, 5.41) is 1.02. The van der Waals surface area contributed by atoms with E-state index in [-0.39, 0.29) is 5.91 Å². The second-order valence-corrected chi connectivity index (χ2v) is 7.15. The first kappa shape index (κ1) is 19.1. The summed E-state index contributed by atoms with van der Waals surface area (Å²) in [4.78, 5) is 29.3. The lowest BCUT2D eigenvalue weighted by atomic mass is 10.0. The van der Waals surface area contributed by atoms with Crippen molar-refractivity contribution >= 4 is 23.0 Å². The minimum atomic E-state index is 0.0420. The van der Waals surface area contributed by atoms with E-state index in [1.165, 1.54) is 0 Å². The molecule has 4 heterocycles. The standard InChI is InChI=1S/C23H25N5O/c1-3-5-6-17-15-25-22-21(17)12-19(16-26-22)18-11-20(14-24-13-18)23(29)28-9-7-27(4-2)8-10-28/h3,5-6,11-16H,1,4,7-10H2,2H3,(H,25,26)/b6-5+. The minimum Gasteiger partial charge on any atom is -0.346 e. The van der Waals surface area contributed by atoms with Gasteiger partial charge in [-0.25, -0.2) is 4.98 Å². The highest BCUT2D eigenvalue weighted by molar-refractivity contribution is 5.96. The molecule has 3 aromatic heterocycles. The number of nitrogens with zero attached hydrogens (tertiary/aromatic N) is 4. The zero-order valence-electron chi connectivity index (χ0n) is 16.6. The van der Waals surface area contributed by atoms with Crippen LogP contribution in [0, 0.1) is 0 Å². The van der Waals surface area contributed by atoms with Crippen LogP contribution in [0.15, 0.2) is 55.7 Å². The molecule has 0 aliphatic carbocycles. The van der Waals surface area contributed by atoms with Crippen LogP contribution in [-0.2, 0) is 0 Å². The number of carbonyl (C=O) groups excluding carboxylic acids is 1. The molecule has 0 atom stereocenters. The van der Waals surface area contributed by atoms with Gasteiger partial charge in [0.1, 0.15) is 5.65 Å². The van der Waals surface area contributed by atoms with Crippen LogP contribution in [-0.4, -0.2) is 63.4 Å². The largest absolute Gasteiger partial charge is 0.346 e. The van der Waals surface area contributed by atoms with E-state index in [2.05, 4.69) is 39.4 Å². The van der Waals surface area contributed by atoms with Gasteiger partial charge in [-0.3, -0.25) is 9.78 Å². The number of nitrogens with one attached hydrogen (secondary N) is 1. The molecule has 1 fully saturated rings. The van der Waals surface area contributed by atoms with Gasteiger partial charge in [-0.05, 0) is 18.7 Å². The van der Waals surface area contributed by atoms with Gasteiger partial charge < -0.3 is 14.8 Å². The van der Waals surface area contributed by atoms with E-state index >= 15 is 0 Å². The molecule has 1 amide bonds. The van der Waals surface area contributed by atoms with Crippen molar-refractivity contribution in [2.75, 3.05) is 32.7 Å². The Balaban J connectivity index is 1.61. The Morgan fingerprint density at radius 1 is 1.17 bits per heavy atom. The van der Waals surface area contributed by atoms with Gasteiger partial charge in [0.2, 0.25) is 0 Å². The van der Waals surface area contributed by atoms with Crippen LogP contribution in [0.1, 0.15) is 22.8 Å². The number of fused-ring (bicyclic) bond motifs is 1. The first-order valence-corrected chi connectivity index (χ1v) is 9.93. The summed E-state index contributed by atoms with van der Waals surface area (Å²) in [6.45, 7) is 10.3. The van der Waals surface area contributed by atoms with Crippen molar-refractivity contribution < 1.29 is 4.79 Å². The molecule has 0 saturated carbocycles. The molecule has 1 aliphatic heterocycles. The first-order chi connectivity index (χ1) is 14.2. The van der Waals surface area contributed by atoms with E-state index in [1.807, 2.05) is 35.5 Å². The average molecular weight is 387 g/mol. The van der Waals surface area contributed by atoms with E-state index < -0.39 is 0 Å². The van der Waals surface area contributed by atoms with E-state index in [0.717, 1.165) is 60.4 Å². The molecular formula is C23H25N5O. The number of pyridine rings is 2. The number of hydrogen-bond acceptors (Lipinski definition) is 4. The number of aromatic amines is 1. The van der Waals surface area contributed by atoms with Crippen molar-refractivity contribution in [1.29, 1.82) is 0 Å². The van der Waals surface area contributed by atoms with Gasteiger partial charge in [0.05, 0.1) is 5.56 Å². The quantitative estimate of drug-likeness (QED) is 0.680. The third-order valence-corrected chi connectivity index (χ3v) is 5.40. The molecule has 148 valence electrons. The molecule has 6 heteroatoms. The highest BCUT2D eigenvalue weighted by Gasteiger charge is 2.22. The molecule has 29 heavy (non-hydrogen) atoms. The molecule has 6 nitrogen and oxygen atoms in total. The van der Waals surface area contributed by atoms with Gasteiger partial charge in [-0.15, -0.1) is 0 Å². The van der Waals surface area contributed by atoms with Crippen LogP contribution < -0.4 is 0 Å². The van der Waals surface area contributed by atoms with Crippen molar-refractivity contribution in [2.24, 2.45) is 0 Å². The maximum absolute atomic E-state index is 12.9. The topological polar surface area (TPSA) is 65.1 Å². The zero-order chi connectivity index (χ0) is 20.2. The third-order valence-electron chi connectivity index (χ3n) is 5.40. The summed E-state index contributed by atoms with van der Waals surface area (Å²) in [5.41, 5.74) is 4.31. The number of likely N-dealkylation sites (N-methyl/N-ethyl adjacent to an activating group) is 1. The third kappa shape index (κ3) is 3.98. The second kappa shape index (κ2) is 8.41. The highest BCUT2D eigenvalue weighted by Crippen LogP contribution is 2.26. The smallest absolute Gasteiger partial charge is 0.255 e. The fourth-order valence-corrected chi connectivity index (χ4v) is 3.66. The van der Waals surface area contributed by atoms with Gasteiger partial charge in [-0.1, -0.05) is 31.7 Å². The van der Waals surface area contributed by atoms with Crippen LogP contribution in [0.5, 0.6) is 0 Å². The molecule has 4 rings (SSSR count). The SMILES string of the molecule is C=C/C=C/c1c[nH]c2ncc(-c3cncc(C(=O)N4CCN(CC)CC4)c3)cc12. The number of rotatable bonds is 5. The highest BCUT2D eigenvalue weighted by atomic mass is 16.2. The first-order valence-electron chi connectivity index (χ1n) is 9.93. The molecule has 3 aromatic rings. The lowest BCUT2D eigenvalue weighted by molar-refractivity contribution is 0.0643. The molecule has 0 unspecified atom stereocenters. The van der Waals surface area contributed by atoms with Crippen molar-refractivity contribution in [3.8, 4) is 11.1 Å². The van der Waals surface area contributed by atoms with Crippen LogP contribution >= 0.6 is 0 Å². The van der Waals surface area contributed by atoms with Gasteiger partial charge in [0.15, 0.2) is 0 Å². The van der Waals surface area contributed by atoms with Crippen LogP contribution in [0.2, 0.25) is 0 Å². The maximum Gasteiger partial charge on any atom is 0.255 e. The number of piperazine rings is 1. The predicted molar refractivity (Wildman–Crippen MR) is 117 cm³/mol. The Labute approximate surface area is 170 Å². The summed E-state index contributed by atoms with van der Waals surface area (Å²) < 4.78 is 0. The average Bonchev–Trinajstić information content (AvgIpc) is 3.19. The number of aromatic nitrogens is 3. The number of carbonyl (C=O) groups is 1. The Morgan fingerprint density at radius 3 is 2.72 bits per heavy atom. The predicted octanol–water partition coefficient (Wildman–Crippen LogP) is 3.60. The minimum absolute atomic E-state index is 0.0420. The Bertz CT molecular complexity index is 1060. The van der Waals surface area contributed by atoms with Crippen molar-refractivity contribution in [3.05, 3.63) is 66.8 Å². The molecule has 1 saturated heterocycles. The van der Waals surface area contributed by atoms with E-state index in [0.29, 0.717) is 5.56 Å². The molecule has 0 radical (unpaired) electrons. The second-order valence-electron chi connectivity index (χ2n) is 7.15. The Kier molecular flexibility index (Phi) is 5.53. The molecule has 0 bridgehead atoms. The van der Waals surface area contributed by atoms with E-state index in [4.69, 9.17) is 0 Å². The maximum atomic E-state index is 12.9. The molecule has 1 aliphatic rings. The summed E-state index contributed by atoms with van der Waals surface area (Å²) in [6.07, 6.45) is 12.8. The van der Waals surface area contributed by atoms with E-state index in [1.54, 1.807) is 18.5 Å². The van der Waals surface area contributed by atoms with Crippen LogP contribution in [0.25, 0.3) is 28.2 Å². The Hall–Kier alpha value is -3.25. The summed E-state index contributed by atoms with van der Waals surface area (Å²) >= 11 is 0. The van der Waals surface area contributed by atoms with Crippen LogP contribution in [0.4, 0.5) is 0 Å². The number of amides is 1. The summed E-state index contributed by atoms with van der Waals surface area (Å²) in [7, 11) is 0. The fourth-order valence-electron chi connectivity index (χ4n) is 3.66. The zero-order valence-corrected chi connectivity index (χ0v) is 16.6. The molecule has 0 aromatic carbocycles. The van der Waals surface area contributed by atoms with Crippen molar-refractivity contribution in [3.63, 3.8) is 0 Å². The van der Waals surface area contributed by atoms with Gasteiger partial charge in [0.25, 0.3) is 5.91 Å². The monoisotopic (exact) mass is 387 g/mol. The van der Waals surface area contributed by atoms with Gasteiger partial charge in [-0.2, -0.15) is 0 Å². The van der Waals surface area contributed by atoms with E-state index in [9.17, 15) is 4.79 Å². The molecule has 1 N–H and O–H groups in total. The lowest BCUT2D eigenvalue weighted by Gasteiger charge is -2.34. The summed E-state index contributed by atoms with van der Waals surface area (Å²) in [5.74, 6) is 0.0420. The summed E-state index contributed by atoms with van der Waals surface area (Å²) in [6, 6.07) is 3.99. The number of hydrogen-bond donors (Lipinski definition) is 1. The number of H-pyrrole nitrogens is 1. The molecular weight excluding hydrogens is 362 g/mol. The fraction of sp³-hybridized carbons (Fsp3) is 0.261. The van der Waals surface area contributed by atoms with Gasteiger partial charge in [0, 0.05) is 73.0 Å². The van der Waals surface area contributed by atoms with Crippen molar-refractivity contribution in [2.45, 2.75) is 6.92 Å². The number of allylic oxidation sites excluding steroid dienone is 2.